The average Bonchev–Trinajstić information content (AvgIpc) is 2.99. The van der Waals surface area contributed by atoms with Gasteiger partial charge in [0.15, 0.2) is 11.0 Å². The molecule has 2 aromatic rings. The van der Waals surface area contributed by atoms with Crippen molar-refractivity contribution in [1.29, 1.82) is 0 Å². The molecule has 0 bridgehead atoms. The Morgan fingerprint density at radius 1 is 1.32 bits per heavy atom. The zero-order valence-corrected chi connectivity index (χ0v) is 17.2. The van der Waals surface area contributed by atoms with Gasteiger partial charge in [-0.25, -0.2) is 0 Å². The van der Waals surface area contributed by atoms with Crippen LogP contribution in [0.2, 0.25) is 0 Å². The molecule has 0 radical (unpaired) electrons. The third-order valence-electron chi connectivity index (χ3n) is 3.84. The maximum atomic E-state index is 12.5. The van der Waals surface area contributed by atoms with Gasteiger partial charge in [0.1, 0.15) is 0 Å². The molecule has 1 atom stereocenters. The zero-order chi connectivity index (χ0) is 18.4. The van der Waals surface area contributed by atoms with Gasteiger partial charge in [-0.05, 0) is 32.9 Å². The second-order valence-corrected chi connectivity index (χ2v) is 7.71. The van der Waals surface area contributed by atoms with E-state index in [-0.39, 0.29) is 11.2 Å². The molecule has 0 aliphatic carbocycles. The number of allylic oxidation sites excluding steroid dienone is 1. The van der Waals surface area contributed by atoms with Crippen molar-refractivity contribution in [2.75, 3.05) is 13.1 Å². The van der Waals surface area contributed by atoms with Crippen LogP contribution in [0.1, 0.15) is 20.8 Å². The minimum atomic E-state index is -0.217. The van der Waals surface area contributed by atoms with E-state index in [2.05, 4.69) is 32.7 Å². The van der Waals surface area contributed by atoms with Crippen molar-refractivity contribution in [3.63, 3.8) is 0 Å². The SMILES string of the molecule is C=CCn1c(SC(C)C(=O)N(CC)CC)nnc1-c1ccc(Br)cc1. The first-order valence-electron chi connectivity index (χ1n) is 8.27. The van der Waals surface area contributed by atoms with Gasteiger partial charge in [-0.1, -0.05) is 45.9 Å². The number of carbonyl (C=O) groups excluding carboxylic acids is 1. The summed E-state index contributed by atoms with van der Waals surface area (Å²) in [5, 5.41) is 9.16. The molecule has 0 spiro atoms. The highest BCUT2D eigenvalue weighted by molar-refractivity contribution is 9.10. The summed E-state index contributed by atoms with van der Waals surface area (Å²) >= 11 is 4.88. The Morgan fingerprint density at radius 2 is 1.96 bits per heavy atom. The predicted molar refractivity (Wildman–Crippen MR) is 107 cm³/mol. The number of thioether (sulfide) groups is 1. The van der Waals surface area contributed by atoms with Crippen molar-refractivity contribution < 1.29 is 4.79 Å². The lowest BCUT2D eigenvalue weighted by molar-refractivity contribution is -0.129. The first kappa shape index (κ1) is 19.7. The van der Waals surface area contributed by atoms with Crippen molar-refractivity contribution in [3.8, 4) is 11.4 Å². The van der Waals surface area contributed by atoms with Crippen LogP contribution in [0, 0.1) is 0 Å². The molecule has 1 unspecified atom stereocenters. The summed E-state index contributed by atoms with van der Waals surface area (Å²) in [4.78, 5) is 14.4. The van der Waals surface area contributed by atoms with E-state index < -0.39 is 0 Å². The van der Waals surface area contributed by atoms with E-state index in [1.54, 1.807) is 0 Å². The minimum absolute atomic E-state index is 0.119. The van der Waals surface area contributed by atoms with Crippen LogP contribution in [0.3, 0.4) is 0 Å². The lowest BCUT2D eigenvalue weighted by Crippen LogP contribution is -2.36. The Labute approximate surface area is 161 Å². The quantitative estimate of drug-likeness (QED) is 0.471. The summed E-state index contributed by atoms with van der Waals surface area (Å²) in [7, 11) is 0. The maximum Gasteiger partial charge on any atom is 0.235 e. The number of hydrogen-bond acceptors (Lipinski definition) is 4. The highest BCUT2D eigenvalue weighted by atomic mass is 79.9. The monoisotopic (exact) mass is 422 g/mol. The number of amides is 1. The van der Waals surface area contributed by atoms with E-state index in [4.69, 9.17) is 0 Å². The predicted octanol–water partition coefficient (Wildman–Crippen LogP) is 4.24. The van der Waals surface area contributed by atoms with Gasteiger partial charge in [-0.15, -0.1) is 16.8 Å². The van der Waals surface area contributed by atoms with E-state index in [0.29, 0.717) is 19.6 Å². The number of hydrogen-bond donors (Lipinski definition) is 0. The number of aromatic nitrogens is 3. The summed E-state index contributed by atoms with van der Waals surface area (Å²) in [5.41, 5.74) is 0.979. The molecule has 0 saturated carbocycles. The molecular weight excluding hydrogens is 400 g/mol. The normalized spacial score (nSPS) is 12.0. The fourth-order valence-corrected chi connectivity index (χ4v) is 3.69. The Kier molecular flexibility index (Phi) is 7.25. The van der Waals surface area contributed by atoms with Crippen molar-refractivity contribution >= 4 is 33.6 Å². The topological polar surface area (TPSA) is 51.0 Å². The molecule has 1 amide bonds. The van der Waals surface area contributed by atoms with Crippen LogP contribution in [0.4, 0.5) is 0 Å². The average molecular weight is 423 g/mol. The molecule has 5 nitrogen and oxygen atoms in total. The number of nitrogens with zero attached hydrogens (tertiary/aromatic N) is 4. The van der Waals surface area contributed by atoms with Crippen molar-refractivity contribution in [3.05, 3.63) is 41.4 Å². The van der Waals surface area contributed by atoms with Crippen molar-refractivity contribution in [2.45, 2.75) is 37.7 Å². The smallest absolute Gasteiger partial charge is 0.235 e. The van der Waals surface area contributed by atoms with Gasteiger partial charge in [0.25, 0.3) is 0 Å². The molecule has 134 valence electrons. The molecule has 0 aliphatic heterocycles. The number of rotatable bonds is 8. The molecule has 0 saturated heterocycles. The third-order valence-corrected chi connectivity index (χ3v) is 5.43. The summed E-state index contributed by atoms with van der Waals surface area (Å²) < 4.78 is 3.01. The molecule has 0 aliphatic rings. The molecule has 0 N–H and O–H groups in total. The standard InChI is InChI=1S/C18H23BrN4OS/c1-5-12-23-16(14-8-10-15(19)11-9-14)20-21-18(23)25-13(4)17(24)22(6-2)7-3/h5,8-11,13H,1,6-7,12H2,2-4H3. The van der Waals surface area contributed by atoms with Gasteiger partial charge in [0, 0.05) is 29.7 Å². The summed E-state index contributed by atoms with van der Waals surface area (Å²) in [5.74, 6) is 0.894. The lowest BCUT2D eigenvalue weighted by Gasteiger charge is -2.22. The first-order valence-corrected chi connectivity index (χ1v) is 9.94. The van der Waals surface area contributed by atoms with E-state index in [0.717, 1.165) is 21.0 Å². The second-order valence-electron chi connectivity index (χ2n) is 5.48. The molecule has 7 heteroatoms. The Balaban J connectivity index is 2.28. The van der Waals surface area contributed by atoms with E-state index in [1.165, 1.54) is 11.8 Å². The number of carbonyl (C=O) groups is 1. The summed E-state index contributed by atoms with van der Waals surface area (Å²) in [6.07, 6.45) is 1.81. The maximum absolute atomic E-state index is 12.5. The fourth-order valence-electron chi connectivity index (χ4n) is 2.48. The largest absolute Gasteiger partial charge is 0.342 e. The van der Waals surface area contributed by atoms with Crippen LogP contribution in [-0.4, -0.2) is 43.9 Å². The van der Waals surface area contributed by atoms with Gasteiger partial charge in [0.05, 0.1) is 5.25 Å². The van der Waals surface area contributed by atoms with Crippen LogP contribution in [0.15, 0.2) is 46.5 Å². The van der Waals surface area contributed by atoms with Crippen LogP contribution in [0.25, 0.3) is 11.4 Å². The zero-order valence-electron chi connectivity index (χ0n) is 14.8. The number of halogens is 1. The number of benzene rings is 1. The highest BCUT2D eigenvalue weighted by Gasteiger charge is 2.23. The van der Waals surface area contributed by atoms with Crippen LogP contribution in [-0.2, 0) is 11.3 Å². The van der Waals surface area contributed by atoms with Gasteiger partial charge in [-0.2, -0.15) is 0 Å². The molecule has 1 heterocycles. The van der Waals surface area contributed by atoms with Crippen LogP contribution < -0.4 is 0 Å². The third kappa shape index (κ3) is 4.73. The Hall–Kier alpha value is -1.60. The Morgan fingerprint density at radius 3 is 2.52 bits per heavy atom. The van der Waals surface area contributed by atoms with Crippen molar-refractivity contribution in [1.82, 2.24) is 19.7 Å². The van der Waals surface area contributed by atoms with Crippen LogP contribution >= 0.6 is 27.7 Å². The van der Waals surface area contributed by atoms with Gasteiger partial charge >= 0.3 is 0 Å². The van der Waals surface area contributed by atoms with E-state index in [9.17, 15) is 4.79 Å². The highest BCUT2D eigenvalue weighted by Crippen LogP contribution is 2.28. The first-order chi connectivity index (χ1) is 12.0. The Bertz CT molecular complexity index is 725. The van der Waals surface area contributed by atoms with Crippen LogP contribution in [0.5, 0.6) is 0 Å². The molecular formula is C18H23BrN4OS. The lowest BCUT2D eigenvalue weighted by atomic mass is 10.2. The van der Waals surface area contributed by atoms with Crippen molar-refractivity contribution in [2.24, 2.45) is 0 Å². The van der Waals surface area contributed by atoms with Gasteiger partial charge in [0.2, 0.25) is 5.91 Å². The molecule has 1 aromatic carbocycles. The molecule has 1 aromatic heterocycles. The second kappa shape index (κ2) is 9.20. The molecule has 25 heavy (non-hydrogen) atoms. The van der Waals surface area contributed by atoms with Gasteiger partial charge < -0.3 is 4.90 Å². The molecule has 2 rings (SSSR count). The summed E-state index contributed by atoms with van der Waals surface area (Å²) in [6, 6.07) is 7.93. The van der Waals surface area contributed by atoms with E-state index >= 15 is 0 Å². The van der Waals surface area contributed by atoms with E-state index in [1.807, 2.05) is 60.6 Å². The van der Waals surface area contributed by atoms with Gasteiger partial charge in [-0.3, -0.25) is 9.36 Å². The summed E-state index contributed by atoms with van der Waals surface area (Å²) in [6.45, 7) is 11.7. The fraction of sp³-hybridized carbons (Fsp3) is 0.389. The minimum Gasteiger partial charge on any atom is -0.342 e. The molecule has 0 fully saturated rings.